The molecular weight excluding hydrogens is 530 g/mol. The molecule has 1 N–H and O–H groups in total. The topological polar surface area (TPSA) is 76.5 Å². The molecule has 2 aliphatic rings. The van der Waals surface area contributed by atoms with E-state index in [1.165, 1.54) is 0 Å². The Kier molecular flexibility index (Phi) is 6.35. The number of ketones is 1. The molecule has 0 saturated heterocycles. The van der Waals surface area contributed by atoms with Crippen LogP contribution < -0.4 is 15.2 Å². The van der Waals surface area contributed by atoms with E-state index in [-0.39, 0.29) is 22.4 Å². The second kappa shape index (κ2) is 9.25. The summed E-state index contributed by atoms with van der Waals surface area (Å²) in [6.45, 7) is 8.42. The van der Waals surface area contributed by atoms with Crippen LogP contribution in [0.1, 0.15) is 78.2 Å². The van der Waals surface area contributed by atoms with Crippen molar-refractivity contribution in [3.05, 3.63) is 91.5 Å². The lowest BCUT2D eigenvalue weighted by Gasteiger charge is -2.33. The fourth-order valence-electron chi connectivity index (χ4n) is 5.46. The molecule has 1 heterocycles. The summed E-state index contributed by atoms with van der Waals surface area (Å²) >= 11 is 3.38. The number of rotatable bonds is 3. The molecule has 0 radical (unpaired) electrons. The van der Waals surface area contributed by atoms with Gasteiger partial charge in [0.05, 0.1) is 17.0 Å². The predicted octanol–water partition coefficient (Wildman–Crippen LogP) is 5.69. The lowest BCUT2D eigenvalue weighted by Crippen LogP contribution is -2.46. The van der Waals surface area contributed by atoms with Gasteiger partial charge in [-0.2, -0.15) is 0 Å². The van der Waals surface area contributed by atoms with Gasteiger partial charge < -0.3 is 9.84 Å². The molecular formula is C31H30BrNO4. The Hall–Kier alpha value is -3.25. The molecule has 5 rings (SSSR count). The Labute approximate surface area is 225 Å². The van der Waals surface area contributed by atoms with Crippen molar-refractivity contribution in [2.75, 3.05) is 0 Å². The largest absolute Gasteiger partial charge is 0.512 e. The normalized spacial score (nSPS) is 18.2. The number of Topliss-reactive ketones (excluding diaryl/α,β-unsaturated/α-hetero) is 1. The van der Waals surface area contributed by atoms with Crippen LogP contribution in [-0.2, 0) is 12.8 Å². The molecule has 0 spiro atoms. The van der Waals surface area contributed by atoms with Crippen molar-refractivity contribution in [1.82, 2.24) is 4.98 Å². The zero-order chi connectivity index (χ0) is 26.5. The van der Waals surface area contributed by atoms with Gasteiger partial charge in [-0.1, -0.05) is 61.8 Å². The number of hydrogen-bond acceptors (Lipinski definition) is 5. The van der Waals surface area contributed by atoms with Crippen LogP contribution in [0, 0.1) is 10.8 Å². The number of carbonyl (C=O) groups is 2. The van der Waals surface area contributed by atoms with E-state index in [0.717, 1.165) is 27.8 Å². The number of esters is 1. The van der Waals surface area contributed by atoms with Crippen LogP contribution in [0.25, 0.3) is 11.8 Å². The van der Waals surface area contributed by atoms with Gasteiger partial charge in [-0.3, -0.25) is 9.78 Å². The fraction of sp³-hybridized carbons (Fsp3) is 0.323. The van der Waals surface area contributed by atoms with Crippen molar-refractivity contribution in [3.8, 4) is 5.75 Å². The highest BCUT2D eigenvalue weighted by atomic mass is 79.9. The van der Waals surface area contributed by atoms with E-state index in [9.17, 15) is 14.7 Å². The minimum atomic E-state index is -0.456. The minimum Gasteiger partial charge on any atom is -0.512 e. The zero-order valence-electron chi connectivity index (χ0n) is 21.5. The first kappa shape index (κ1) is 25.4. The molecule has 0 unspecified atom stereocenters. The lowest BCUT2D eigenvalue weighted by molar-refractivity contribution is 0.0734. The SMILES string of the molecule is CC1(C)CC(=O)c2c(nc3c(c2=Cc2cccc(OC(=O)c4cccc(Br)c4)c2)=C(O)CC(C)(C)C3)C1. The van der Waals surface area contributed by atoms with E-state index in [1.54, 1.807) is 30.3 Å². The molecule has 0 fully saturated rings. The van der Waals surface area contributed by atoms with Gasteiger partial charge in [0, 0.05) is 33.3 Å². The third-order valence-corrected chi connectivity index (χ3v) is 7.46. The number of carbonyl (C=O) groups excluding carboxylic acids is 2. The van der Waals surface area contributed by atoms with Crippen LogP contribution >= 0.6 is 15.9 Å². The molecule has 37 heavy (non-hydrogen) atoms. The van der Waals surface area contributed by atoms with Crippen LogP contribution in [0.2, 0.25) is 0 Å². The van der Waals surface area contributed by atoms with Crippen molar-refractivity contribution in [3.63, 3.8) is 0 Å². The van der Waals surface area contributed by atoms with Crippen LogP contribution in [0.3, 0.4) is 0 Å². The molecule has 0 bridgehead atoms. The Morgan fingerprint density at radius 2 is 1.68 bits per heavy atom. The van der Waals surface area contributed by atoms with Gasteiger partial charge in [0.2, 0.25) is 0 Å². The van der Waals surface area contributed by atoms with Crippen molar-refractivity contribution in [1.29, 1.82) is 0 Å². The van der Waals surface area contributed by atoms with Gasteiger partial charge in [-0.15, -0.1) is 0 Å². The second-order valence-electron chi connectivity index (χ2n) is 11.7. The summed E-state index contributed by atoms with van der Waals surface area (Å²) in [7, 11) is 0. The molecule has 1 aromatic heterocycles. The van der Waals surface area contributed by atoms with Crippen molar-refractivity contribution >= 4 is 39.5 Å². The average Bonchev–Trinajstić information content (AvgIpc) is 2.76. The summed E-state index contributed by atoms with van der Waals surface area (Å²) in [5.74, 6) is 0.255. The quantitative estimate of drug-likeness (QED) is 0.329. The maximum atomic E-state index is 13.4. The first-order valence-electron chi connectivity index (χ1n) is 12.5. The van der Waals surface area contributed by atoms with E-state index < -0.39 is 5.97 Å². The van der Waals surface area contributed by atoms with Crippen molar-refractivity contribution < 1.29 is 19.4 Å². The molecule has 6 heteroatoms. The number of aliphatic hydroxyl groups is 1. The summed E-state index contributed by atoms with van der Waals surface area (Å²) in [4.78, 5) is 31.0. The van der Waals surface area contributed by atoms with Crippen LogP contribution in [0.4, 0.5) is 0 Å². The van der Waals surface area contributed by atoms with Gasteiger partial charge in [0.15, 0.2) is 5.78 Å². The first-order valence-corrected chi connectivity index (χ1v) is 13.3. The molecule has 0 aliphatic heterocycles. The van der Waals surface area contributed by atoms with E-state index in [0.29, 0.717) is 46.6 Å². The Balaban J connectivity index is 1.65. The number of halogens is 1. The first-order chi connectivity index (χ1) is 17.4. The summed E-state index contributed by atoms with van der Waals surface area (Å²) < 4.78 is 6.44. The van der Waals surface area contributed by atoms with E-state index in [1.807, 2.05) is 24.3 Å². The summed E-state index contributed by atoms with van der Waals surface area (Å²) in [6, 6.07) is 14.2. The van der Waals surface area contributed by atoms with E-state index >= 15 is 0 Å². The molecule has 190 valence electrons. The highest BCUT2D eigenvalue weighted by Crippen LogP contribution is 2.35. The standard InChI is InChI=1S/C31H30BrNO4/c1-30(2)14-23-27(25(34)16-30)22(28-24(33-23)15-31(3,4)17-26(28)35)12-18-7-5-10-21(11-18)37-29(36)19-8-6-9-20(32)13-19/h5-13,34H,14-17H2,1-4H3. The van der Waals surface area contributed by atoms with Crippen LogP contribution in [-0.4, -0.2) is 21.8 Å². The summed E-state index contributed by atoms with van der Waals surface area (Å²) in [6.07, 6.45) is 4.29. The maximum absolute atomic E-state index is 13.4. The summed E-state index contributed by atoms with van der Waals surface area (Å²) in [5.41, 5.74) is 3.15. The highest BCUT2D eigenvalue weighted by Gasteiger charge is 2.36. The Morgan fingerprint density at radius 1 is 0.973 bits per heavy atom. The minimum absolute atomic E-state index is 0.0441. The van der Waals surface area contributed by atoms with Gasteiger partial charge >= 0.3 is 5.97 Å². The van der Waals surface area contributed by atoms with E-state index in [2.05, 4.69) is 43.6 Å². The average molecular weight is 560 g/mol. The highest BCUT2D eigenvalue weighted by molar-refractivity contribution is 9.10. The Morgan fingerprint density at radius 3 is 2.43 bits per heavy atom. The number of aliphatic hydroxyl groups excluding tert-OH is 1. The predicted molar refractivity (Wildman–Crippen MR) is 147 cm³/mol. The van der Waals surface area contributed by atoms with Crippen molar-refractivity contribution in [2.24, 2.45) is 10.8 Å². The number of benzene rings is 2. The number of aromatic nitrogens is 1. The maximum Gasteiger partial charge on any atom is 0.343 e. The number of nitrogens with zero attached hydrogens (tertiary/aromatic N) is 1. The summed E-state index contributed by atoms with van der Waals surface area (Å²) in [5, 5.41) is 12.5. The fourth-order valence-corrected chi connectivity index (χ4v) is 5.86. The molecule has 0 amide bonds. The third kappa shape index (κ3) is 5.26. The van der Waals surface area contributed by atoms with Crippen LogP contribution in [0.5, 0.6) is 5.75 Å². The molecule has 5 nitrogen and oxygen atoms in total. The zero-order valence-corrected chi connectivity index (χ0v) is 23.1. The molecule has 2 aromatic carbocycles. The molecule has 2 aliphatic carbocycles. The van der Waals surface area contributed by atoms with E-state index in [4.69, 9.17) is 9.72 Å². The number of fused-ring (bicyclic) bond motifs is 2. The second-order valence-corrected chi connectivity index (χ2v) is 12.6. The third-order valence-electron chi connectivity index (χ3n) is 6.97. The monoisotopic (exact) mass is 559 g/mol. The van der Waals surface area contributed by atoms with Crippen molar-refractivity contribution in [2.45, 2.75) is 53.4 Å². The number of hydrogen-bond donors (Lipinski definition) is 1. The molecule has 3 aromatic rings. The molecule has 0 saturated carbocycles. The van der Waals surface area contributed by atoms with Gasteiger partial charge in [0.25, 0.3) is 0 Å². The van der Waals surface area contributed by atoms with Gasteiger partial charge in [0.1, 0.15) is 11.5 Å². The van der Waals surface area contributed by atoms with Gasteiger partial charge in [-0.05, 0) is 65.6 Å². The smallest absolute Gasteiger partial charge is 0.343 e. The van der Waals surface area contributed by atoms with Gasteiger partial charge in [-0.25, -0.2) is 4.79 Å². The van der Waals surface area contributed by atoms with Crippen LogP contribution in [0.15, 0.2) is 53.0 Å². The number of ether oxygens (including phenoxy) is 1. The lowest BCUT2D eigenvalue weighted by atomic mass is 9.73. The Bertz CT molecular complexity index is 1570. The number of pyridine rings is 1. The molecule has 0 atom stereocenters.